The molecule has 1 fully saturated rings. The quantitative estimate of drug-likeness (QED) is 0.357. The molecule has 1 aliphatic heterocycles. The van der Waals surface area contributed by atoms with Gasteiger partial charge in [0.1, 0.15) is 6.54 Å². The van der Waals surface area contributed by atoms with Crippen LogP contribution in [0.1, 0.15) is 36.4 Å². The minimum Gasteiger partial charge on any atom is -0.354 e. The number of amides is 3. The van der Waals surface area contributed by atoms with E-state index in [1.807, 2.05) is 65.4 Å². The first-order chi connectivity index (χ1) is 17.5. The molecular weight excluding hydrogens is 522 g/mol. The molecule has 2 heterocycles. The van der Waals surface area contributed by atoms with Gasteiger partial charge in [-0.3, -0.25) is 14.4 Å². The molecule has 2 N–H and O–H groups in total. The van der Waals surface area contributed by atoms with Gasteiger partial charge in [0.15, 0.2) is 0 Å². The Morgan fingerprint density at radius 1 is 1.03 bits per heavy atom. The summed E-state index contributed by atoms with van der Waals surface area (Å²) in [6.07, 6.45) is 6.69. The van der Waals surface area contributed by atoms with Crippen LogP contribution in [0.2, 0.25) is 0 Å². The molecule has 8 nitrogen and oxygen atoms in total. The molecule has 0 unspecified atom stereocenters. The fraction of sp³-hybridized carbons (Fsp3) is 0.333. The minimum absolute atomic E-state index is 0.0349. The van der Waals surface area contributed by atoms with E-state index in [9.17, 15) is 14.4 Å². The minimum atomic E-state index is -0.469. The molecule has 0 radical (unpaired) electrons. The van der Waals surface area contributed by atoms with Gasteiger partial charge in [-0.2, -0.15) is 0 Å². The van der Waals surface area contributed by atoms with Gasteiger partial charge in [0.25, 0.3) is 0 Å². The average molecular weight is 552 g/mol. The van der Waals surface area contributed by atoms with Crippen molar-refractivity contribution in [2.45, 2.75) is 38.4 Å². The Bertz CT molecular complexity index is 1150. The summed E-state index contributed by atoms with van der Waals surface area (Å²) in [5.41, 5.74) is 1.95. The second-order valence-electron chi connectivity index (χ2n) is 8.94. The van der Waals surface area contributed by atoms with Crippen molar-refractivity contribution in [1.82, 2.24) is 25.1 Å². The normalized spacial score (nSPS) is 17.2. The summed E-state index contributed by atoms with van der Waals surface area (Å²) in [6, 6.07) is 17.2. The van der Waals surface area contributed by atoms with Crippen LogP contribution < -0.4 is 10.6 Å². The van der Waals surface area contributed by atoms with Crippen LogP contribution in [0.15, 0.2) is 77.8 Å². The molecule has 188 valence electrons. The predicted molar refractivity (Wildman–Crippen MR) is 139 cm³/mol. The van der Waals surface area contributed by atoms with Crippen LogP contribution in [-0.2, 0) is 27.5 Å². The molecule has 0 aliphatic carbocycles. The third-order valence-electron chi connectivity index (χ3n) is 6.32. The number of aromatic nitrogens is 2. The van der Waals surface area contributed by atoms with E-state index >= 15 is 0 Å². The van der Waals surface area contributed by atoms with Crippen LogP contribution in [0.25, 0.3) is 0 Å². The number of carbonyl (C=O) groups excluding carboxylic acids is 3. The third-order valence-corrected chi connectivity index (χ3v) is 6.85. The van der Waals surface area contributed by atoms with Crippen molar-refractivity contribution >= 4 is 33.7 Å². The zero-order valence-electron chi connectivity index (χ0n) is 20.0. The highest BCUT2D eigenvalue weighted by molar-refractivity contribution is 9.10. The van der Waals surface area contributed by atoms with Gasteiger partial charge in [0.2, 0.25) is 17.7 Å². The summed E-state index contributed by atoms with van der Waals surface area (Å²) < 4.78 is 2.89. The number of aryl methyl sites for hydroxylation is 1. The Hall–Kier alpha value is -3.46. The summed E-state index contributed by atoms with van der Waals surface area (Å²) in [7, 11) is 0. The number of likely N-dealkylation sites (tertiary alicyclic amines) is 1. The Morgan fingerprint density at radius 3 is 2.53 bits per heavy atom. The fourth-order valence-corrected chi connectivity index (χ4v) is 4.72. The SMILES string of the molecule is O=C(C[C@H]1C[C@H](c2ccc(Br)cc2)N(CC(=O)NCCCn2ccnc2)C1=O)NCc1ccccc1. The van der Waals surface area contributed by atoms with E-state index in [0.29, 0.717) is 19.5 Å². The fourth-order valence-electron chi connectivity index (χ4n) is 4.46. The van der Waals surface area contributed by atoms with E-state index in [2.05, 4.69) is 31.5 Å². The van der Waals surface area contributed by atoms with Crippen molar-refractivity contribution in [2.75, 3.05) is 13.1 Å². The zero-order chi connectivity index (χ0) is 25.3. The molecule has 1 aliphatic rings. The van der Waals surface area contributed by atoms with Gasteiger partial charge in [0, 0.05) is 48.8 Å². The Kier molecular flexibility index (Phi) is 8.89. The average Bonchev–Trinajstić information content (AvgIpc) is 3.51. The zero-order valence-corrected chi connectivity index (χ0v) is 21.6. The lowest BCUT2D eigenvalue weighted by Gasteiger charge is -2.24. The van der Waals surface area contributed by atoms with Crippen molar-refractivity contribution in [3.63, 3.8) is 0 Å². The van der Waals surface area contributed by atoms with Crippen LogP contribution >= 0.6 is 15.9 Å². The van der Waals surface area contributed by atoms with Crippen molar-refractivity contribution < 1.29 is 14.4 Å². The lowest BCUT2D eigenvalue weighted by molar-refractivity contribution is -0.138. The lowest BCUT2D eigenvalue weighted by Crippen LogP contribution is -2.40. The number of rotatable bonds is 11. The first-order valence-corrected chi connectivity index (χ1v) is 12.9. The van der Waals surface area contributed by atoms with Gasteiger partial charge in [-0.1, -0.05) is 58.4 Å². The smallest absolute Gasteiger partial charge is 0.239 e. The summed E-state index contributed by atoms with van der Waals surface area (Å²) in [5, 5.41) is 5.82. The second-order valence-corrected chi connectivity index (χ2v) is 9.85. The highest BCUT2D eigenvalue weighted by atomic mass is 79.9. The standard InChI is InChI=1S/C27H30BrN5O3/c28-23-9-7-21(8-10-23)24-15-22(16-25(34)31-17-20-5-2-1-3-6-20)27(36)33(24)18-26(35)30-11-4-13-32-14-12-29-19-32/h1-3,5-10,12,14,19,22,24H,4,11,13,15-18H2,(H,30,35)(H,31,34)/t22-,24-/m1/s1. The van der Waals surface area contributed by atoms with Gasteiger partial charge in [-0.15, -0.1) is 0 Å². The number of hydrogen-bond acceptors (Lipinski definition) is 4. The molecule has 2 atom stereocenters. The number of imidazole rings is 1. The number of benzene rings is 2. The van der Waals surface area contributed by atoms with Gasteiger partial charge < -0.3 is 20.1 Å². The lowest BCUT2D eigenvalue weighted by atomic mass is 9.97. The largest absolute Gasteiger partial charge is 0.354 e. The maximum atomic E-state index is 13.3. The molecule has 0 bridgehead atoms. The molecular formula is C27H30BrN5O3. The number of nitrogens with zero attached hydrogens (tertiary/aromatic N) is 3. The monoisotopic (exact) mass is 551 g/mol. The first-order valence-electron chi connectivity index (χ1n) is 12.1. The van der Waals surface area contributed by atoms with E-state index in [1.165, 1.54) is 0 Å². The number of nitrogens with one attached hydrogen (secondary N) is 2. The van der Waals surface area contributed by atoms with Crippen LogP contribution in [0, 0.1) is 5.92 Å². The number of hydrogen-bond donors (Lipinski definition) is 2. The van der Waals surface area contributed by atoms with Crippen LogP contribution in [0.5, 0.6) is 0 Å². The van der Waals surface area contributed by atoms with Crippen molar-refractivity contribution in [3.8, 4) is 0 Å². The summed E-state index contributed by atoms with van der Waals surface area (Å²) in [5.74, 6) is -1.00. The predicted octanol–water partition coefficient (Wildman–Crippen LogP) is 3.45. The molecule has 3 amide bonds. The van der Waals surface area contributed by atoms with Crippen LogP contribution in [0.4, 0.5) is 0 Å². The van der Waals surface area contributed by atoms with Gasteiger partial charge in [-0.05, 0) is 36.1 Å². The molecule has 36 heavy (non-hydrogen) atoms. The molecule has 4 rings (SSSR count). The van der Waals surface area contributed by atoms with Crippen molar-refractivity contribution in [2.24, 2.45) is 5.92 Å². The van der Waals surface area contributed by atoms with Crippen molar-refractivity contribution in [1.29, 1.82) is 0 Å². The molecule has 1 aromatic heterocycles. The molecule has 1 saturated heterocycles. The second kappa shape index (κ2) is 12.5. The van der Waals surface area contributed by atoms with E-state index in [0.717, 1.165) is 28.6 Å². The summed E-state index contributed by atoms with van der Waals surface area (Å²) in [6.45, 7) is 1.65. The summed E-state index contributed by atoms with van der Waals surface area (Å²) in [4.78, 5) is 44.3. The Morgan fingerprint density at radius 2 is 1.81 bits per heavy atom. The molecule has 0 spiro atoms. The maximum Gasteiger partial charge on any atom is 0.239 e. The third kappa shape index (κ3) is 7.04. The summed E-state index contributed by atoms with van der Waals surface area (Å²) >= 11 is 3.45. The molecule has 2 aromatic carbocycles. The van der Waals surface area contributed by atoms with E-state index in [-0.39, 0.29) is 36.7 Å². The molecule has 9 heteroatoms. The topological polar surface area (TPSA) is 96.3 Å². The Labute approximate surface area is 219 Å². The number of halogens is 1. The van der Waals surface area contributed by atoms with Gasteiger partial charge in [-0.25, -0.2) is 4.98 Å². The first kappa shape index (κ1) is 25.6. The van der Waals surface area contributed by atoms with Crippen LogP contribution in [0.3, 0.4) is 0 Å². The highest BCUT2D eigenvalue weighted by Crippen LogP contribution is 2.38. The maximum absolute atomic E-state index is 13.3. The molecule has 3 aromatic rings. The van der Waals surface area contributed by atoms with Gasteiger partial charge >= 0.3 is 0 Å². The molecule has 0 saturated carbocycles. The highest BCUT2D eigenvalue weighted by Gasteiger charge is 2.41. The van der Waals surface area contributed by atoms with Gasteiger partial charge in [0.05, 0.1) is 12.4 Å². The van der Waals surface area contributed by atoms with E-state index in [4.69, 9.17) is 0 Å². The number of carbonyl (C=O) groups is 3. The van der Waals surface area contributed by atoms with E-state index < -0.39 is 5.92 Å². The van der Waals surface area contributed by atoms with Crippen molar-refractivity contribution in [3.05, 3.63) is 88.9 Å². The Balaban J connectivity index is 1.35. The van der Waals surface area contributed by atoms with Crippen LogP contribution in [-0.4, -0.2) is 45.3 Å². The van der Waals surface area contributed by atoms with E-state index in [1.54, 1.807) is 17.4 Å².